The lowest BCUT2D eigenvalue weighted by Crippen LogP contribution is -2.06. The second-order valence-electron chi connectivity index (χ2n) is 2.58. The molecule has 12 heavy (non-hydrogen) atoms. The van der Waals surface area contributed by atoms with Crippen molar-refractivity contribution in [3.8, 4) is 0 Å². The average Bonchev–Trinajstić information content (AvgIpc) is 1.96. The van der Waals surface area contributed by atoms with Gasteiger partial charge in [-0.3, -0.25) is 0 Å². The summed E-state index contributed by atoms with van der Waals surface area (Å²) in [6.07, 6.45) is 0. The third kappa shape index (κ3) is 1.89. The number of rotatable bonds is 1. The van der Waals surface area contributed by atoms with E-state index in [2.05, 4.69) is 0 Å². The number of halogens is 3. The van der Waals surface area contributed by atoms with Crippen molar-refractivity contribution in [1.82, 2.24) is 0 Å². The zero-order valence-corrected chi connectivity index (χ0v) is 7.96. The molecule has 0 aliphatic heterocycles. The van der Waals surface area contributed by atoms with Gasteiger partial charge in [0.05, 0.1) is 5.02 Å². The molecule has 1 atom stereocenters. The van der Waals surface area contributed by atoms with Crippen LogP contribution < -0.4 is 5.73 Å². The fraction of sp³-hybridized carbons (Fsp3) is 0.250. The molecule has 1 aromatic rings. The van der Waals surface area contributed by atoms with Gasteiger partial charge < -0.3 is 5.73 Å². The molecular formula is C8H8Cl2FN. The molecule has 0 aromatic heterocycles. The molecule has 1 aromatic carbocycles. The first-order chi connectivity index (χ1) is 5.52. The third-order valence-electron chi connectivity index (χ3n) is 1.51. The highest BCUT2D eigenvalue weighted by molar-refractivity contribution is 6.33. The Bertz CT molecular complexity index is 299. The largest absolute Gasteiger partial charge is 0.324 e. The lowest BCUT2D eigenvalue weighted by molar-refractivity contribution is 0.623. The van der Waals surface area contributed by atoms with Crippen molar-refractivity contribution < 1.29 is 4.39 Å². The fourth-order valence-electron chi connectivity index (χ4n) is 0.907. The zero-order valence-electron chi connectivity index (χ0n) is 6.44. The molecule has 0 saturated heterocycles. The van der Waals surface area contributed by atoms with E-state index in [1.807, 2.05) is 0 Å². The molecule has 2 N–H and O–H groups in total. The second-order valence-corrected chi connectivity index (χ2v) is 3.39. The van der Waals surface area contributed by atoms with Crippen LogP contribution >= 0.6 is 23.2 Å². The van der Waals surface area contributed by atoms with Crippen molar-refractivity contribution in [3.05, 3.63) is 33.6 Å². The Morgan fingerprint density at radius 3 is 2.50 bits per heavy atom. The Hall–Kier alpha value is -0.310. The molecule has 0 fully saturated rings. The van der Waals surface area contributed by atoms with E-state index in [1.54, 1.807) is 13.0 Å². The van der Waals surface area contributed by atoms with Crippen LogP contribution in [0.25, 0.3) is 0 Å². The van der Waals surface area contributed by atoms with Crippen molar-refractivity contribution in [2.75, 3.05) is 0 Å². The number of nitrogens with two attached hydrogens (primary N) is 1. The Labute approximate surface area is 80.3 Å². The van der Waals surface area contributed by atoms with Crippen LogP contribution in [0.15, 0.2) is 12.1 Å². The number of hydrogen-bond donors (Lipinski definition) is 1. The maximum atomic E-state index is 12.9. The van der Waals surface area contributed by atoms with Crippen molar-refractivity contribution in [2.24, 2.45) is 5.73 Å². The van der Waals surface area contributed by atoms with Crippen LogP contribution in [0.2, 0.25) is 10.0 Å². The summed E-state index contributed by atoms with van der Waals surface area (Å²) < 4.78 is 12.9. The molecule has 0 bridgehead atoms. The van der Waals surface area contributed by atoms with Gasteiger partial charge in [-0.1, -0.05) is 23.2 Å². The smallest absolute Gasteiger partial charge is 0.143 e. The summed E-state index contributed by atoms with van der Waals surface area (Å²) in [5, 5.41) is 0.360. The first-order valence-corrected chi connectivity index (χ1v) is 4.18. The van der Waals surface area contributed by atoms with E-state index >= 15 is 0 Å². The van der Waals surface area contributed by atoms with Crippen LogP contribution in [-0.2, 0) is 0 Å². The first kappa shape index (κ1) is 9.78. The van der Waals surface area contributed by atoms with Gasteiger partial charge in [0.25, 0.3) is 0 Å². The summed E-state index contributed by atoms with van der Waals surface area (Å²) in [7, 11) is 0. The van der Waals surface area contributed by atoms with Crippen LogP contribution in [0, 0.1) is 5.82 Å². The summed E-state index contributed by atoms with van der Waals surface area (Å²) in [4.78, 5) is 0. The fourth-order valence-corrected chi connectivity index (χ4v) is 1.40. The van der Waals surface area contributed by atoms with E-state index in [-0.39, 0.29) is 11.1 Å². The van der Waals surface area contributed by atoms with Gasteiger partial charge in [-0.2, -0.15) is 0 Å². The van der Waals surface area contributed by atoms with Gasteiger partial charge in [-0.15, -0.1) is 0 Å². The predicted molar refractivity (Wildman–Crippen MR) is 49.0 cm³/mol. The molecule has 0 unspecified atom stereocenters. The van der Waals surface area contributed by atoms with E-state index < -0.39 is 5.82 Å². The van der Waals surface area contributed by atoms with Gasteiger partial charge in [-0.25, -0.2) is 4.39 Å². The molecule has 0 aliphatic rings. The van der Waals surface area contributed by atoms with Crippen LogP contribution in [-0.4, -0.2) is 0 Å². The van der Waals surface area contributed by atoms with Gasteiger partial charge in [-0.05, 0) is 24.6 Å². The van der Waals surface area contributed by atoms with Crippen LogP contribution in [0.3, 0.4) is 0 Å². The topological polar surface area (TPSA) is 26.0 Å². The van der Waals surface area contributed by atoms with Gasteiger partial charge in [0.1, 0.15) is 5.82 Å². The molecule has 0 heterocycles. The standard InChI is InChI=1S/C8H8Cl2FN/c1-4(12)6-2-5(9)3-7(11)8(6)10/h2-4H,12H2,1H3/t4-/m0/s1. The Balaban J connectivity index is 3.28. The molecule has 66 valence electrons. The minimum absolute atomic E-state index is 0.0504. The quantitative estimate of drug-likeness (QED) is 0.704. The minimum atomic E-state index is -0.531. The molecule has 1 nitrogen and oxygen atoms in total. The molecule has 0 amide bonds. The highest BCUT2D eigenvalue weighted by Gasteiger charge is 2.10. The van der Waals surface area contributed by atoms with E-state index in [1.165, 1.54) is 0 Å². The summed E-state index contributed by atoms with van der Waals surface area (Å²) in [5.74, 6) is -0.531. The molecular weight excluding hydrogens is 200 g/mol. The van der Waals surface area contributed by atoms with Crippen molar-refractivity contribution in [2.45, 2.75) is 13.0 Å². The lowest BCUT2D eigenvalue weighted by atomic mass is 10.1. The van der Waals surface area contributed by atoms with Crippen LogP contribution in [0.4, 0.5) is 4.39 Å². The maximum absolute atomic E-state index is 12.9. The van der Waals surface area contributed by atoms with Crippen molar-refractivity contribution in [3.63, 3.8) is 0 Å². The summed E-state index contributed by atoms with van der Waals surface area (Å²) in [6, 6.07) is 2.42. The van der Waals surface area contributed by atoms with Crippen molar-refractivity contribution >= 4 is 23.2 Å². The maximum Gasteiger partial charge on any atom is 0.143 e. The van der Waals surface area contributed by atoms with Gasteiger partial charge in [0, 0.05) is 11.1 Å². The third-order valence-corrected chi connectivity index (χ3v) is 2.13. The molecule has 0 radical (unpaired) electrons. The SMILES string of the molecule is C[C@H](N)c1cc(Cl)cc(F)c1Cl. The Morgan fingerprint density at radius 2 is 2.00 bits per heavy atom. The normalized spacial score (nSPS) is 13.1. The molecule has 1 rings (SSSR count). The van der Waals surface area contributed by atoms with Crippen LogP contribution in [0.5, 0.6) is 0 Å². The van der Waals surface area contributed by atoms with Crippen molar-refractivity contribution in [1.29, 1.82) is 0 Å². The van der Waals surface area contributed by atoms with Gasteiger partial charge in [0.2, 0.25) is 0 Å². The highest BCUT2D eigenvalue weighted by atomic mass is 35.5. The summed E-state index contributed by atoms with van der Waals surface area (Å²) in [6.45, 7) is 1.72. The second kappa shape index (κ2) is 3.60. The van der Waals surface area contributed by atoms with E-state index in [0.717, 1.165) is 6.07 Å². The van der Waals surface area contributed by atoms with Gasteiger partial charge in [0.15, 0.2) is 0 Å². The number of benzene rings is 1. The zero-order chi connectivity index (χ0) is 9.30. The minimum Gasteiger partial charge on any atom is -0.324 e. The molecule has 0 spiro atoms. The number of hydrogen-bond acceptors (Lipinski definition) is 1. The predicted octanol–water partition coefficient (Wildman–Crippen LogP) is 3.15. The van der Waals surface area contributed by atoms with E-state index in [0.29, 0.717) is 10.6 Å². The van der Waals surface area contributed by atoms with Gasteiger partial charge >= 0.3 is 0 Å². The summed E-state index contributed by atoms with van der Waals surface area (Å²) >= 11 is 11.3. The molecule has 0 saturated carbocycles. The first-order valence-electron chi connectivity index (χ1n) is 3.42. The molecule has 0 aliphatic carbocycles. The van der Waals surface area contributed by atoms with E-state index in [4.69, 9.17) is 28.9 Å². The Morgan fingerprint density at radius 1 is 1.42 bits per heavy atom. The molecule has 4 heteroatoms. The highest BCUT2D eigenvalue weighted by Crippen LogP contribution is 2.27. The summed E-state index contributed by atoms with van der Waals surface area (Å²) in [5.41, 5.74) is 6.07. The average molecular weight is 208 g/mol. The Kier molecular flexibility index (Phi) is 2.94. The van der Waals surface area contributed by atoms with Crippen LogP contribution in [0.1, 0.15) is 18.5 Å². The monoisotopic (exact) mass is 207 g/mol. The lowest BCUT2D eigenvalue weighted by Gasteiger charge is -2.08. The van der Waals surface area contributed by atoms with E-state index in [9.17, 15) is 4.39 Å².